The number of carbonyl (C=O) groups is 2. The summed E-state index contributed by atoms with van der Waals surface area (Å²) in [6.07, 6.45) is 4.06. The number of methoxy groups -OCH3 is 1. The van der Waals surface area contributed by atoms with Crippen LogP contribution in [0.5, 0.6) is 5.75 Å². The molecule has 0 bridgehead atoms. The lowest BCUT2D eigenvalue weighted by Crippen LogP contribution is -2.58. The van der Waals surface area contributed by atoms with Gasteiger partial charge in [-0.05, 0) is 43.5 Å². The molecule has 2 N–H and O–H groups in total. The van der Waals surface area contributed by atoms with Crippen LogP contribution in [0.4, 0.5) is 4.79 Å². The lowest BCUT2D eigenvalue weighted by Gasteiger charge is -2.43. The van der Waals surface area contributed by atoms with E-state index in [0.717, 1.165) is 24.6 Å². The summed E-state index contributed by atoms with van der Waals surface area (Å²) in [4.78, 5) is 24.2. The maximum atomic E-state index is 12.6. The van der Waals surface area contributed by atoms with Gasteiger partial charge in [0.05, 0.1) is 24.8 Å². The van der Waals surface area contributed by atoms with Crippen molar-refractivity contribution in [1.82, 2.24) is 5.32 Å². The summed E-state index contributed by atoms with van der Waals surface area (Å²) in [5, 5.41) is 13.7. The smallest absolute Gasteiger partial charge is 0.338 e. The second-order valence-electron chi connectivity index (χ2n) is 7.30. The molecule has 1 aromatic rings. The normalized spacial score (nSPS) is 29.2. The minimum Gasteiger partial charge on any atom is -0.497 e. The number of allylic oxidation sites excluding steroid dienone is 1. The molecule has 4 atom stereocenters. The molecular formula is C21H27NO6S. The van der Waals surface area contributed by atoms with E-state index in [1.807, 2.05) is 6.08 Å². The van der Waals surface area contributed by atoms with Crippen LogP contribution in [0.25, 0.3) is 0 Å². The van der Waals surface area contributed by atoms with E-state index in [4.69, 9.17) is 14.2 Å². The fourth-order valence-corrected chi connectivity index (χ4v) is 4.53. The largest absolute Gasteiger partial charge is 0.497 e. The van der Waals surface area contributed by atoms with E-state index >= 15 is 0 Å². The molecule has 2 aliphatic rings. The molecule has 2 fully saturated rings. The lowest BCUT2D eigenvalue weighted by molar-refractivity contribution is -0.281. The van der Waals surface area contributed by atoms with Gasteiger partial charge in [0, 0.05) is 18.6 Å². The molecule has 2 aliphatic heterocycles. The fourth-order valence-electron chi connectivity index (χ4n) is 3.64. The Bertz CT molecular complexity index is 739. The first-order valence-electron chi connectivity index (χ1n) is 9.73. The molecule has 0 spiro atoms. The zero-order chi connectivity index (χ0) is 20.9. The van der Waals surface area contributed by atoms with E-state index in [1.165, 1.54) is 0 Å². The second-order valence-corrected chi connectivity index (χ2v) is 8.29. The van der Waals surface area contributed by atoms with Crippen LogP contribution >= 0.6 is 11.8 Å². The number of hydrogen-bond acceptors (Lipinski definition) is 7. The Kier molecular flexibility index (Phi) is 7.21. The van der Waals surface area contributed by atoms with E-state index in [-0.39, 0.29) is 17.8 Å². The van der Waals surface area contributed by atoms with Gasteiger partial charge in [0.15, 0.2) is 5.79 Å². The van der Waals surface area contributed by atoms with Gasteiger partial charge in [-0.3, -0.25) is 4.79 Å². The first-order chi connectivity index (χ1) is 13.9. The van der Waals surface area contributed by atoms with Gasteiger partial charge in [-0.2, -0.15) is 0 Å². The number of hydrogen-bond donors (Lipinski definition) is 2. The fraction of sp³-hybridized carbons (Fsp3) is 0.524. The van der Waals surface area contributed by atoms with Crippen molar-refractivity contribution in [2.24, 2.45) is 0 Å². The molecule has 1 aromatic carbocycles. The Balaban J connectivity index is 1.70. The third kappa shape index (κ3) is 5.52. The van der Waals surface area contributed by atoms with Crippen LogP contribution in [0, 0.1) is 0 Å². The molecule has 29 heavy (non-hydrogen) atoms. The van der Waals surface area contributed by atoms with Gasteiger partial charge in [-0.1, -0.05) is 17.8 Å². The number of nitrogens with one attached hydrogen (secondary N) is 1. The predicted molar refractivity (Wildman–Crippen MR) is 110 cm³/mol. The zero-order valence-electron chi connectivity index (χ0n) is 16.5. The van der Waals surface area contributed by atoms with E-state index < -0.39 is 23.9 Å². The standard InChI is InChI=1S/C21H27NO6S/c1-3-4-5-6-16-11-17(12-21(25,28-16)18-13-29-20(24)22-18)27-19(23)14-7-9-15(26-2)10-8-14/h3,7-10,16-18,25H,1,4-6,11-13H2,2H3,(H,22,24)/t16-,17?,18+,21-/m1/s1. The number of thioether (sulfide) groups is 1. The van der Waals surface area contributed by atoms with Gasteiger partial charge in [0.1, 0.15) is 11.9 Å². The second kappa shape index (κ2) is 9.65. The van der Waals surface area contributed by atoms with Crippen LogP contribution in [-0.4, -0.2) is 53.2 Å². The highest BCUT2D eigenvalue weighted by Crippen LogP contribution is 2.36. The van der Waals surface area contributed by atoms with Crippen molar-refractivity contribution in [1.29, 1.82) is 0 Å². The molecule has 0 radical (unpaired) electrons. The molecular weight excluding hydrogens is 394 g/mol. The number of amides is 1. The summed E-state index contributed by atoms with van der Waals surface area (Å²) in [6.45, 7) is 3.72. The SMILES string of the molecule is C=CCCC[C@@H]1CC(OC(=O)c2ccc(OC)cc2)C[C@](O)([C@@H]2CSC(=O)N2)O1. The number of aliphatic hydroxyl groups is 1. The average Bonchev–Trinajstić information content (AvgIpc) is 3.15. The summed E-state index contributed by atoms with van der Waals surface area (Å²) in [5.74, 6) is -0.968. The van der Waals surface area contributed by atoms with E-state index in [0.29, 0.717) is 29.9 Å². The van der Waals surface area contributed by atoms with Crippen LogP contribution in [0.2, 0.25) is 0 Å². The Morgan fingerprint density at radius 3 is 2.83 bits per heavy atom. The minimum absolute atomic E-state index is 0.109. The molecule has 8 heteroatoms. The van der Waals surface area contributed by atoms with Crippen molar-refractivity contribution in [3.8, 4) is 5.75 Å². The first kappa shape index (κ1) is 21.7. The summed E-state index contributed by atoms with van der Waals surface area (Å²) < 4.78 is 16.8. The molecule has 3 rings (SSSR count). The van der Waals surface area contributed by atoms with Crippen molar-refractivity contribution in [3.05, 3.63) is 42.5 Å². The van der Waals surface area contributed by atoms with Crippen LogP contribution in [0.1, 0.15) is 42.5 Å². The highest BCUT2D eigenvalue weighted by atomic mass is 32.2. The molecule has 0 saturated carbocycles. The van der Waals surface area contributed by atoms with Gasteiger partial charge in [-0.15, -0.1) is 6.58 Å². The van der Waals surface area contributed by atoms with E-state index in [9.17, 15) is 14.7 Å². The Morgan fingerprint density at radius 1 is 1.45 bits per heavy atom. The molecule has 2 saturated heterocycles. The summed E-state index contributed by atoms with van der Waals surface area (Å²) >= 11 is 1.11. The van der Waals surface area contributed by atoms with Gasteiger partial charge >= 0.3 is 5.97 Å². The number of unbranched alkanes of at least 4 members (excludes halogenated alkanes) is 1. The molecule has 0 aromatic heterocycles. The highest BCUT2D eigenvalue weighted by molar-refractivity contribution is 8.14. The molecule has 1 unspecified atom stereocenters. The van der Waals surface area contributed by atoms with Crippen molar-refractivity contribution in [3.63, 3.8) is 0 Å². The van der Waals surface area contributed by atoms with E-state index in [1.54, 1.807) is 31.4 Å². The minimum atomic E-state index is -1.57. The summed E-state index contributed by atoms with van der Waals surface area (Å²) in [7, 11) is 1.56. The van der Waals surface area contributed by atoms with Gasteiger partial charge in [0.2, 0.25) is 0 Å². The molecule has 158 valence electrons. The van der Waals surface area contributed by atoms with Gasteiger partial charge in [-0.25, -0.2) is 4.79 Å². The molecule has 1 amide bonds. The Morgan fingerprint density at radius 2 is 2.21 bits per heavy atom. The monoisotopic (exact) mass is 421 g/mol. The number of carbonyl (C=O) groups excluding carboxylic acids is 2. The maximum absolute atomic E-state index is 12.6. The third-order valence-electron chi connectivity index (χ3n) is 5.17. The number of benzene rings is 1. The predicted octanol–water partition coefficient (Wildman–Crippen LogP) is 3.27. The molecule has 7 nitrogen and oxygen atoms in total. The first-order valence-corrected chi connectivity index (χ1v) is 10.7. The Hall–Kier alpha value is -2.03. The molecule has 2 heterocycles. The van der Waals surface area contributed by atoms with Crippen molar-refractivity contribution >= 4 is 23.0 Å². The van der Waals surface area contributed by atoms with Crippen LogP contribution in [0.15, 0.2) is 36.9 Å². The number of esters is 1. The van der Waals surface area contributed by atoms with Crippen LogP contribution in [-0.2, 0) is 9.47 Å². The van der Waals surface area contributed by atoms with Crippen LogP contribution in [0.3, 0.4) is 0 Å². The quantitative estimate of drug-likeness (QED) is 0.378. The van der Waals surface area contributed by atoms with E-state index in [2.05, 4.69) is 11.9 Å². The van der Waals surface area contributed by atoms with Crippen LogP contribution < -0.4 is 10.1 Å². The van der Waals surface area contributed by atoms with Gasteiger partial charge in [0.25, 0.3) is 5.24 Å². The van der Waals surface area contributed by atoms with Crippen molar-refractivity contribution in [2.45, 2.75) is 56.1 Å². The maximum Gasteiger partial charge on any atom is 0.338 e. The Labute approximate surface area is 174 Å². The molecule has 0 aliphatic carbocycles. The van der Waals surface area contributed by atoms with Gasteiger partial charge < -0.3 is 24.6 Å². The lowest BCUT2D eigenvalue weighted by atomic mass is 9.91. The third-order valence-corrected chi connectivity index (χ3v) is 6.05. The number of ether oxygens (including phenoxy) is 3. The number of rotatable bonds is 8. The topological polar surface area (TPSA) is 94.1 Å². The average molecular weight is 422 g/mol. The van der Waals surface area contributed by atoms with Crippen molar-refractivity contribution < 1.29 is 28.9 Å². The highest BCUT2D eigenvalue weighted by Gasteiger charge is 2.49. The summed E-state index contributed by atoms with van der Waals surface area (Å²) in [5.41, 5.74) is 0.411. The zero-order valence-corrected chi connectivity index (χ0v) is 17.3. The van der Waals surface area contributed by atoms with Crippen molar-refractivity contribution in [2.75, 3.05) is 12.9 Å². The summed E-state index contributed by atoms with van der Waals surface area (Å²) in [6, 6.07) is 6.13.